The first-order chi connectivity index (χ1) is 8.72. The van der Waals surface area contributed by atoms with Crippen LogP contribution in [-0.4, -0.2) is 16.7 Å². The molecule has 0 radical (unpaired) electrons. The van der Waals surface area contributed by atoms with E-state index in [1.54, 1.807) is 13.3 Å². The van der Waals surface area contributed by atoms with E-state index >= 15 is 0 Å². The minimum atomic E-state index is -0.264. The van der Waals surface area contributed by atoms with E-state index in [9.17, 15) is 4.79 Å². The molecule has 94 valence electrons. The van der Waals surface area contributed by atoms with E-state index in [4.69, 9.17) is 10.5 Å². The molecule has 2 N–H and O–H groups in total. The van der Waals surface area contributed by atoms with Crippen molar-refractivity contribution in [2.24, 2.45) is 5.73 Å². The van der Waals surface area contributed by atoms with Gasteiger partial charge >= 0.3 is 0 Å². The summed E-state index contributed by atoms with van der Waals surface area (Å²) >= 11 is 0. The fourth-order valence-corrected chi connectivity index (χ4v) is 1.71. The van der Waals surface area contributed by atoms with Crippen LogP contribution in [0, 0.1) is 0 Å². The largest absolute Gasteiger partial charge is 0.497 e. The molecule has 0 aliphatic rings. The molecule has 2 rings (SSSR count). The minimum absolute atomic E-state index is 0.199. The smallest absolute Gasteiger partial charge is 0.277 e. The van der Waals surface area contributed by atoms with Crippen molar-refractivity contribution in [1.29, 1.82) is 0 Å². The van der Waals surface area contributed by atoms with E-state index < -0.39 is 0 Å². The van der Waals surface area contributed by atoms with Crippen molar-refractivity contribution < 1.29 is 4.74 Å². The normalized spacial score (nSPS) is 10.3. The van der Waals surface area contributed by atoms with Crippen molar-refractivity contribution in [3.63, 3.8) is 0 Å². The monoisotopic (exact) mass is 245 g/mol. The average Bonchev–Trinajstić information content (AvgIpc) is 2.41. The van der Waals surface area contributed by atoms with Crippen molar-refractivity contribution >= 4 is 0 Å². The molecule has 0 saturated carbocycles. The molecule has 5 nitrogen and oxygen atoms in total. The highest BCUT2D eigenvalue weighted by Crippen LogP contribution is 2.13. The molecule has 0 fully saturated rings. The molecular formula is C13H15N3O2. The Morgan fingerprint density at radius 3 is 3.00 bits per heavy atom. The highest BCUT2D eigenvalue weighted by Gasteiger charge is 2.01. The zero-order chi connectivity index (χ0) is 13.0. The van der Waals surface area contributed by atoms with Gasteiger partial charge in [-0.05, 0) is 17.7 Å². The van der Waals surface area contributed by atoms with Gasteiger partial charge in [-0.25, -0.2) is 0 Å². The Balaban J connectivity index is 2.25. The molecule has 2 aromatic rings. The van der Waals surface area contributed by atoms with E-state index in [1.807, 2.05) is 28.8 Å². The van der Waals surface area contributed by atoms with E-state index in [-0.39, 0.29) is 12.1 Å². The van der Waals surface area contributed by atoms with Gasteiger partial charge < -0.3 is 15.0 Å². The molecule has 1 aromatic heterocycles. The minimum Gasteiger partial charge on any atom is -0.497 e. The summed E-state index contributed by atoms with van der Waals surface area (Å²) < 4.78 is 6.99. The summed E-state index contributed by atoms with van der Waals surface area (Å²) in [5.41, 5.74) is 6.81. The predicted molar refractivity (Wildman–Crippen MR) is 68.5 cm³/mol. The summed E-state index contributed by atoms with van der Waals surface area (Å²) in [6, 6.07) is 7.75. The molecule has 0 atom stereocenters. The van der Waals surface area contributed by atoms with Crippen LogP contribution in [0.5, 0.6) is 5.75 Å². The lowest BCUT2D eigenvalue weighted by molar-refractivity contribution is 0.414. The van der Waals surface area contributed by atoms with Gasteiger partial charge in [0.25, 0.3) is 5.56 Å². The second kappa shape index (κ2) is 5.46. The van der Waals surface area contributed by atoms with Crippen LogP contribution in [-0.2, 0) is 13.1 Å². The van der Waals surface area contributed by atoms with Crippen LogP contribution in [0.25, 0.3) is 0 Å². The van der Waals surface area contributed by atoms with Crippen LogP contribution in [0.1, 0.15) is 11.1 Å². The van der Waals surface area contributed by atoms with E-state index in [1.165, 1.54) is 6.33 Å². The summed E-state index contributed by atoms with van der Waals surface area (Å²) in [6.07, 6.45) is 3.25. The van der Waals surface area contributed by atoms with Crippen LogP contribution >= 0.6 is 0 Å². The van der Waals surface area contributed by atoms with E-state index in [2.05, 4.69) is 4.98 Å². The third-order valence-corrected chi connectivity index (χ3v) is 2.64. The first kappa shape index (κ1) is 12.3. The van der Waals surface area contributed by atoms with Crippen molar-refractivity contribution in [3.05, 3.63) is 58.3 Å². The van der Waals surface area contributed by atoms with Gasteiger partial charge in [0.15, 0.2) is 0 Å². The number of methoxy groups -OCH3 is 1. The van der Waals surface area contributed by atoms with E-state index in [0.29, 0.717) is 12.1 Å². The molecule has 0 amide bonds. The second-order valence-corrected chi connectivity index (χ2v) is 3.93. The maximum absolute atomic E-state index is 11.3. The predicted octanol–water partition coefficient (Wildman–Crippen LogP) is 0.759. The van der Waals surface area contributed by atoms with Crippen molar-refractivity contribution in [2.45, 2.75) is 13.1 Å². The molecule has 1 heterocycles. The number of nitrogens with zero attached hydrogens (tertiary/aromatic N) is 2. The summed E-state index contributed by atoms with van der Waals surface area (Å²) in [5, 5.41) is 0. The van der Waals surface area contributed by atoms with Gasteiger partial charge in [0, 0.05) is 24.8 Å². The van der Waals surface area contributed by atoms with E-state index in [0.717, 1.165) is 11.3 Å². The Hall–Kier alpha value is -2.14. The molecule has 0 bridgehead atoms. The molecule has 0 aliphatic heterocycles. The Kier molecular flexibility index (Phi) is 3.74. The third kappa shape index (κ3) is 2.75. The standard InChI is InChI=1S/C13H15N3O2/c1-18-12-4-2-3-10(5-12)7-16-8-11(6-14)13(17)15-9-16/h2-5,8-9H,6-7,14H2,1H3. The number of nitrogens with two attached hydrogens (primary N) is 1. The maximum atomic E-state index is 11.3. The fourth-order valence-electron chi connectivity index (χ4n) is 1.71. The van der Waals surface area contributed by atoms with Crippen molar-refractivity contribution in [3.8, 4) is 5.75 Å². The Labute approximate surface area is 105 Å². The van der Waals surface area contributed by atoms with Gasteiger partial charge in [-0.2, -0.15) is 4.98 Å². The summed E-state index contributed by atoms with van der Waals surface area (Å²) in [5.74, 6) is 0.806. The van der Waals surface area contributed by atoms with Crippen LogP contribution in [0.3, 0.4) is 0 Å². The fraction of sp³-hybridized carbons (Fsp3) is 0.231. The number of ether oxygens (including phenoxy) is 1. The van der Waals surface area contributed by atoms with Gasteiger partial charge in [-0.3, -0.25) is 4.79 Å². The zero-order valence-electron chi connectivity index (χ0n) is 10.2. The van der Waals surface area contributed by atoms with Crippen LogP contribution in [0.4, 0.5) is 0 Å². The number of benzene rings is 1. The van der Waals surface area contributed by atoms with Crippen molar-refractivity contribution in [2.75, 3.05) is 7.11 Å². The Morgan fingerprint density at radius 2 is 2.28 bits per heavy atom. The third-order valence-electron chi connectivity index (χ3n) is 2.64. The second-order valence-electron chi connectivity index (χ2n) is 3.93. The van der Waals surface area contributed by atoms with Crippen LogP contribution < -0.4 is 16.0 Å². The topological polar surface area (TPSA) is 70.1 Å². The quantitative estimate of drug-likeness (QED) is 0.863. The van der Waals surface area contributed by atoms with Gasteiger partial charge in [0.2, 0.25) is 0 Å². The first-order valence-corrected chi connectivity index (χ1v) is 5.61. The molecular weight excluding hydrogens is 230 g/mol. The lowest BCUT2D eigenvalue weighted by Crippen LogP contribution is -2.19. The zero-order valence-corrected chi connectivity index (χ0v) is 10.2. The highest BCUT2D eigenvalue weighted by atomic mass is 16.5. The van der Waals surface area contributed by atoms with Crippen LogP contribution in [0.2, 0.25) is 0 Å². The van der Waals surface area contributed by atoms with Gasteiger partial charge in [0.05, 0.1) is 13.4 Å². The number of hydrogen-bond donors (Lipinski definition) is 1. The maximum Gasteiger partial charge on any atom is 0.277 e. The SMILES string of the molecule is COc1cccc(Cn2cnc(=O)c(CN)c2)c1. The molecule has 0 unspecified atom stereocenters. The number of aromatic nitrogens is 2. The molecule has 0 saturated heterocycles. The van der Waals surface area contributed by atoms with Crippen LogP contribution in [0.15, 0.2) is 41.6 Å². The lowest BCUT2D eigenvalue weighted by Gasteiger charge is -2.08. The van der Waals surface area contributed by atoms with Gasteiger partial charge in [0.1, 0.15) is 5.75 Å². The number of hydrogen-bond acceptors (Lipinski definition) is 4. The molecule has 0 aliphatic carbocycles. The van der Waals surface area contributed by atoms with Crippen molar-refractivity contribution in [1.82, 2.24) is 9.55 Å². The number of rotatable bonds is 4. The molecule has 1 aromatic carbocycles. The summed E-state index contributed by atoms with van der Waals surface area (Å²) in [4.78, 5) is 15.1. The first-order valence-electron chi connectivity index (χ1n) is 5.61. The average molecular weight is 245 g/mol. The molecule has 18 heavy (non-hydrogen) atoms. The summed E-state index contributed by atoms with van der Waals surface area (Å²) in [6.45, 7) is 0.822. The molecule has 0 spiro atoms. The summed E-state index contributed by atoms with van der Waals surface area (Å²) in [7, 11) is 1.63. The highest BCUT2D eigenvalue weighted by molar-refractivity contribution is 5.28. The Bertz CT molecular complexity index is 593. The van der Waals surface area contributed by atoms with Gasteiger partial charge in [-0.15, -0.1) is 0 Å². The van der Waals surface area contributed by atoms with Gasteiger partial charge in [-0.1, -0.05) is 12.1 Å². The Morgan fingerprint density at radius 1 is 1.44 bits per heavy atom. The molecule has 5 heteroatoms. The lowest BCUT2D eigenvalue weighted by atomic mass is 10.2.